The number of ether oxygens (including phenoxy) is 2. The van der Waals surface area contributed by atoms with E-state index in [9.17, 15) is 4.79 Å². The van der Waals surface area contributed by atoms with Crippen LogP contribution in [0.4, 0.5) is 5.69 Å². The van der Waals surface area contributed by atoms with Gasteiger partial charge in [0.05, 0.1) is 0 Å². The molecule has 6 heteroatoms. The molecule has 0 aliphatic rings. The van der Waals surface area contributed by atoms with E-state index in [4.69, 9.17) is 13.9 Å². The predicted molar refractivity (Wildman–Crippen MR) is 136 cm³/mol. The van der Waals surface area contributed by atoms with Gasteiger partial charge in [-0.3, -0.25) is 4.79 Å². The van der Waals surface area contributed by atoms with Crippen LogP contribution >= 0.6 is 0 Å². The average Bonchev–Trinajstić information content (AvgIpc) is 3.31. The number of rotatable bonds is 8. The van der Waals surface area contributed by atoms with Crippen LogP contribution in [-0.2, 0) is 11.4 Å². The Morgan fingerprint density at radius 2 is 1.66 bits per heavy atom. The number of carbonyl (C=O) groups is 1. The van der Waals surface area contributed by atoms with Gasteiger partial charge < -0.3 is 19.2 Å². The van der Waals surface area contributed by atoms with E-state index < -0.39 is 0 Å². The fourth-order valence-corrected chi connectivity index (χ4v) is 3.62. The zero-order chi connectivity index (χ0) is 24.0. The van der Waals surface area contributed by atoms with Gasteiger partial charge in [0.25, 0.3) is 5.91 Å². The first-order chi connectivity index (χ1) is 17.1. The zero-order valence-electron chi connectivity index (χ0n) is 19.2. The number of oxazole rings is 1. The van der Waals surface area contributed by atoms with Gasteiger partial charge in [0.1, 0.15) is 23.6 Å². The van der Waals surface area contributed by atoms with Crippen molar-refractivity contribution in [2.75, 3.05) is 11.9 Å². The van der Waals surface area contributed by atoms with Gasteiger partial charge in [-0.25, -0.2) is 4.98 Å². The maximum Gasteiger partial charge on any atom is 0.262 e. The molecule has 1 N–H and O–H groups in total. The second-order valence-corrected chi connectivity index (χ2v) is 8.10. The number of anilines is 1. The van der Waals surface area contributed by atoms with Crippen LogP contribution in [0.2, 0.25) is 0 Å². The summed E-state index contributed by atoms with van der Waals surface area (Å²) in [5, 5.41) is 2.84. The van der Waals surface area contributed by atoms with E-state index in [0.29, 0.717) is 29.5 Å². The van der Waals surface area contributed by atoms with Crippen LogP contribution < -0.4 is 14.8 Å². The summed E-state index contributed by atoms with van der Waals surface area (Å²) in [6.07, 6.45) is 0. The van der Waals surface area contributed by atoms with Crippen LogP contribution in [0.15, 0.2) is 101 Å². The Hall–Kier alpha value is -4.58. The van der Waals surface area contributed by atoms with Crippen molar-refractivity contribution >= 4 is 22.7 Å². The van der Waals surface area contributed by atoms with Crippen molar-refractivity contribution in [1.29, 1.82) is 0 Å². The molecule has 0 aliphatic heterocycles. The molecule has 0 unspecified atom stereocenters. The quantitative estimate of drug-likeness (QED) is 0.288. The average molecular weight is 465 g/mol. The molecule has 0 fully saturated rings. The van der Waals surface area contributed by atoms with Crippen molar-refractivity contribution in [3.05, 3.63) is 108 Å². The highest BCUT2D eigenvalue weighted by molar-refractivity contribution is 5.92. The van der Waals surface area contributed by atoms with Gasteiger partial charge in [-0.1, -0.05) is 48.5 Å². The van der Waals surface area contributed by atoms with Gasteiger partial charge in [-0.2, -0.15) is 0 Å². The number of nitrogens with one attached hydrogen (secondary N) is 1. The number of aryl methyl sites for hydroxylation is 1. The lowest BCUT2D eigenvalue weighted by Crippen LogP contribution is -2.20. The van der Waals surface area contributed by atoms with E-state index in [1.54, 1.807) is 0 Å². The summed E-state index contributed by atoms with van der Waals surface area (Å²) < 4.78 is 17.4. The van der Waals surface area contributed by atoms with Crippen LogP contribution in [-0.4, -0.2) is 17.5 Å². The third kappa shape index (κ3) is 5.50. The molecular formula is C29H24N2O4. The van der Waals surface area contributed by atoms with Gasteiger partial charge in [0, 0.05) is 17.3 Å². The van der Waals surface area contributed by atoms with Crippen molar-refractivity contribution in [1.82, 2.24) is 4.98 Å². The zero-order valence-corrected chi connectivity index (χ0v) is 19.2. The predicted octanol–water partition coefficient (Wildman–Crippen LogP) is 6.40. The van der Waals surface area contributed by atoms with Gasteiger partial charge in [0.15, 0.2) is 12.2 Å². The number of carbonyl (C=O) groups excluding carboxylic acids is 1. The molecule has 5 aromatic rings. The molecule has 35 heavy (non-hydrogen) atoms. The van der Waals surface area contributed by atoms with E-state index in [1.165, 1.54) is 0 Å². The summed E-state index contributed by atoms with van der Waals surface area (Å²) >= 11 is 0. The molecule has 0 saturated carbocycles. The largest absolute Gasteiger partial charge is 0.489 e. The van der Waals surface area contributed by atoms with Crippen molar-refractivity contribution in [3.63, 3.8) is 0 Å². The summed E-state index contributed by atoms with van der Waals surface area (Å²) in [4.78, 5) is 16.9. The van der Waals surface area contributed by atoms with Gasteiger partial charge >= 0.3 is 0 Å². The molecule has 6 nitrogen and oxygen atoms in total. The molecule has 0 bridgehead atoms. The summed E-state index contributed by atoms with van der Waals surface area (Å²) in [5.41, 5.74) is 4.95. The fourth-order valence-electron chi connectivity index (χ4n) is 3.62. The molecular weight excluding hydrogens is 440 g/mol. The van der Waals surface area contributed by atoms with E-state index in [0.717, 1.165) is 28.0 Å². The maximum atomic E-state index is 12.3. The lowest BCUT2D eigenvalue weighted by molar-refractivity contribution is -0.118. The maximum absolute atomic E-state index is 12.3. The number of amides is 1. The van der Waals surface area contributed by atoms with Gasteiger partial charge in [0.2, 0.25) is 5.89 Å². The molecule has 0 saturated heterocycles. The molecule has 0 aliphatic carbocycles. The third-order valence-corrected chi connectivity index (χ3v) is 5.48. The van der Waals surface area contributed by atoms with Crippen molar-refractivity contribution < 1.29 is 18.7 Å². The number of hydrogen-bond donors (Lipinski definition) is 1. The van der Waals surface area contributed by atoms with Crippen molar-refractivity contribution in [2.45, 2.75) is 13.5 Å². The number of nitrogens with zero attached hydrogens (tertiary/aromatic N) is 1. The minimum absolute atomic E-state index is 0.0631. The number of aromatic nitrogens is 1. The lowest BCUT2D eigenvalue weighted by Gasteiger charge is -2.09. The summed E-state index contributed by atoms with van der Waals surface area (Å²) in [6, 6.07) is 30.5. The second-order valence-electron chi connectivity index (χ2n) is 8.10. The number of para-hydroxylation sites is 1. The molecule has 174 valence electrons. The second kappa shape index (κ2) is 10.1. The first-order valence-corrected chi connectivity index (χ1v) is 11.3. The van der Waals surface area contributed by atoms with Crippen molar-refractivity contribution in [2.24, 2.45) is 0 Å². The molecule has 1 aromatic heterocycles. The standard InChI is InChI=1S/C29H24N2O4/c1-20-7-5-6-10-26(20)34-19-28(32)30-23-13-11-22(12-14-23)29-31-25-17-24(15-16-27(25)35-29)33-18-21-8-3-2-4-9-21/h2-17H,18-19H2,1H3,(H,30,32). The molecule has 0 spiro atoms. The summed E-state index contributed by atoms with van der Waals surface area (Å²) in [7, 11) is 0. The SMILES string of the molecule is Cc1ccccc1OCC(=O)Nc1ccc(-c2nc3cc(OCc4ccccc4)ccc3o2)cc1. The summed E-state index contributed by atoms with van der Waals surface area (Å²) in [5.74, 6) is 1.70. The van der Waals surface area contributed by atoms with Crippen LogP contribution in [0.3, 0.4) is 0 Å². The fraction of sp³-hybridized carbons (Fsp3) is 0.103. The Balaban J connectivity index is 1.21. The van der Waals surface area contributed by atoms with E-state index in [2.05, 4.69) is 10.3 Å². The van der Waals surface area contributed by atoms with Crippen molar-refractivity contribution in [3.8, 4) is 23.0 Å². The smallest absolute Gasteiger partial charge is 0.262 e. The number of benzene rings is 4. The Kier molecular flexibility index (Phi) is 6.44. The van der Waals surface area contributed by atoms with E-state index >= 15 is 0 Å². The highest BCUT2D eigenvalue weighted by Gasteiger charge is 2.11. The minimum atomic E-state index is -0.231. The Morgan fingerprint density at radius 1 is 0.886 bits per heavy atom. The molecule has 0 atom stereocenters. The number of hydrogen-bond acceptors (Lipinski definition) is 5. The highest BCUT2D eigenvalue weighted by Crippen LogP contribution is 2.28. The first kappa shape index (κ1) is 22.2. The monoisotopic (exact) mass is 464 g/mol. The van der Waals surface area contributed by atoms with Crippen LogP contribution in [0, 0.1) is 6.92 Å². The minimum Gasteiger partial charge on any atom is -0.489 e. The topological polar surface area (TPSA) is 73.6 Å². The van der Waals surface area contributed by atoms with E-state index in [1.807, 2.05) is 104 Å². The highest BCUT2D eigenvalue weighted by atomic mass is 16.5. The van der Waals surface area contributed by atoms with Gasteiger partial charge in [-0.15, -0.1) is 0 Å². The van der Waals surface area contributed by atoms with Gasteiger partial charge in [-0.05, 0) is 60.5 Å². The third-order valence-electron chi connectivity index (χ3n) is 5.48. The van der Waals surface area contributed by atoms with E-state index in [-0.39, 0.29) is 12.5 Å². The van der Waals surface area contributed by atoms with Crippen LogP contribution in [0.1, 0.15) is 11.1 Å². The van der Waals surface area contributed by atoms with Crippen LogP contribution in [0.5, 0.6) is 11.5 Å². The number of fused-ring (bicyclic) bond motifs is 1. The molecule has 5 rings (SSSR count). The Labute approximate surface area is 203 Å². The molecule has 1 amide bonds. The molecule has 1 heterocycles. The summed E-state index contributed by atoms with van der Waals surface area (Å²) in [6.45, 7) is 2.36. The molecule has 4 aromatic carbocycles. The lowest BCUT2D eigenvalue weighted by atomic mass is 10.2. The Morgan fingerprint density at radius 3 is 2.46 bits per heavy atom. The molecule has 0 radical (unpaired) electrons. The normalized spacial score (nSPS) is 10.8. The Bertz CT molecular complexity index is 1440. The van der Waals surface area contributed by atoms with Crippen LogP contribution in [0.25, 0.3) is 22.6 Å². The first-order valence-electron chi connectivity index (χ1n) is 11.3.